The van der Waals surface area contributed by atoms with Crippen LogP contribution < -0.4 is 0 Å². The first-order chi connectivity index (χ1) is 9.72. The summed E-state index contributed by atoms with van der Waals surface area (Å²) in [6.07, 6.45) is 3.72. The molecule has 0 atom stereocenters. The number of rotatable bonds is 3. The molecule has 0 aliphatic heterocycles. The second-order valence-corrected chi connectivity index (χ2v) is 5.27. The lowest BCUT2D eigenvalue weighted by molar-refractivity contribution is -0.384. The van der Waals surface area contributed by atoms with E-state index in [-0.39, 0.29) is 5.69 Å². The molecule has 0 spiro atoms. The predicted molar refractivity (Wildman–Crippen MR) is 81.6 cm³/mol. The first-order valence-corrected chi connectivity index (χ1v) is 6.82. The van der Waals surface area contributed by atoms with Crippen LogP contribution in [0.3, 0.4) is 0 Å². The molecular formula is C15H10N2O2S. The van der Waals surface area contributed by atoms with Gasteiger partial charge in [-0.05, 0) is 23.8 Å². The van der Waals surface area contributed by atoms with Gasteiger partial charge < -0.3 is 0 Å². The summed E-state index contributed by atoms with van der Waals surface area (Å²) in [7, 11) is 0. The number of para-hydroxylation sites is 1. The van der Waals surface area contributed by atoms with Crippen LogP contribution in [0.15, 0.2) is 48.5 Å². The van der Waals surface area contributed by atoms with E-state index in [1.165, 1.54) is 6.07 Å². The molecule has 98 valence electrons. The van der Waals surface area contributed by atoms with Gasteiger partial charge in [-0.1, -0.05) is 30.3 Å². The molecule has 0 bridgehead atoms. The number of nitro groups is 1. The predicted octanol–water partition coefficient (Wildman–Crippen LogP) is 4.37. The van der Waals surface area contributed by atoms with Crippen molar-refractivity contribution in [2.75, 3.05) is 0 Å². The van der Waals surface area contributed by atoms with Gasteiger partial charge in [-0.15, -0.1) is 11.3 Å². The summed E-state index contributed by atoms with van der Waals surface area (Å²) in [5.41, 5.74) is 1.85. The molecule has 1 aromatic heterocycles. The van der Waals surface area contributed by atoms with Crippen LogP contribution in [0.5, 0.6) is 0 Å². The van der Waals surface area contributed by atoms with Crippen molar-refractivity contribution < 1.29 is 4.92 Å². The van der Waals surface area contributed by atoms with Gasteiger partial charge in [0.2, 0.25) is 0 Å². The van der Waals surface area contributed by atoms with E-state index in [1.807, 2.05) is 42.5 Å². The van der Waals surface area contributed by atoms with Gasteiger partial charge in [-0.3, -0.25) is 10.1 Å². The minimum absolute atomic E-state index is 0.0939. The number of nitrogens with zero attached hydrogens (tertiary/aromatic N) is 2. The van der Waals surface area contributed by atoms with E-state index in [2.05, 4.69) is 4.98 Å². The number of aromatic nitrogens is 1. The lowest BCUT2D eigenvalue weighted by atomic mass is 10.2. The fraction of sp³-hybridized carbons (Fsp3) is 0. The van der Waals surface area contributed by atoms with Crippen LogP contribution in [0.25, 0.3) is 22.4 Å². The molecule has 4 nitrogen and oxygen atoms in total. The molecule has 5 heteroatoms. The Morgan fingerprint density at radius 3 is 2.75 bits per heavy atom. The average Bonchev–Trinajstić information content (AvgIpc) is 2.88. The molecule has 0 N–H and O–H groups in total. The van der Waals surface area contributed by atoms with Crippen molar-refractivity contribution in [3.8, 4) is 0 Å². The molecule has 0 aliphatic carbocycles. The SMILES string of the molecule is O=[N+]([O-])c1cccc(C=Cc2nc3ccccc3s2)c1. The third-order valence-corrected chi connectivity index (χ3v) is 3.81. The number of hydrogen-bond donors (Lipinski definition) is 0. The van der Waals surface area contributed by atoms with Crippen molar-refractivity contribution in [1.29, 1.82) is 0 Å². The highest BCUT2D eigenvalue weighted by Crippen LogP contribution is 2.23. The smallest absolute Gasteiger partial charge is 0.258 e. The monoisotopic (exact) mass is 282 g/mol. The Hall–Kier alpha value is -2.53. The number of hydrogen-bond acceptors (Lipinski definition) is 4. The van der Waals surface area contributed by atoms with Crippen LogP contribution in [-0.2, 0) is 0 Å². The minimum atomic E-state index is -0.394. The largest absolute Gasteiger partial charge is 0.270 e. The summed E-state index contributed by atoms with van der Waals surface area (Å²) in [6, 6.07) is 14.5. The fourth-order valence-corrected chi connectivity index (χ4v) is 2.74. The molecule has 2 aromatic carbocycles. The molecule has 0 saturated carbocycles. The number of benzene rings is 2. The molecule has 0 radical (unpaired) electrons. The molecule has 0 amide bonds. The second-order valence-electron chi connectivity index (χ2n) is 4.21. The Balaban J connectivity index is 1.89. The lowest BCUT2D eigenvalue weighted by Gasteiger charge is -1.93. The van der Waals surface area contributed by atoms with Gasteiger partial charge in [0.15, 0.2) is 0 Å². The summed E-state index contributed by atoms with van der Waals surface area (Å²) >= 11 is 1.60. The first-order valence-electron chi connectivity index (χ1n) is 6.00. The van der Waals surface area contributed by atoms with Crippen molar-refractivity contribution in [2.45, 2.75) is 0 Å². The third-order valence-electron chi connectivity index (χ3n) is 2.81. The minimum Gasteiger partial charge on any atom is -0.258 e. The number of thiazole rings is 1. The van der Waals surface area contributed by atoms with Crippen molar-refractivity contribution in [2.24, 2.45) is 0 Å². The summed E-state index contributed by atoms with van der Waals surface area (Å²) < 4.78 is 1.13. The molecular weight excluding hydrogens is 272 g/mol. The molecule has 1 heterocycles. The summed E-state index contributed by atoms with van der Waals surface area (Å²) in [5, 5.41) is 11.6. The highest BCUT2D eigenvalue weighted by atomic mass is 32.1. The van der Waals surface area contributed by atoms with E-state index in [1.54, 1.807) is 23.5 Å². The topological polar surface area (TPSA) is 56.0 Å². The zero-order valence-corrected chi connectivity index (χ0v) is 11.2. The summed E-state index contributed by atoms with van der Waals surface area (Å²) in [6.45, 7) is 0. The number of fused-ring (bicyclic) bond motifs is 1. The van der Waals surface area contributed by atoms with Gasteiger partial charge in [-0.2, -0.15) is 0 Å². The van der Waals surface area contributed by atoms with E-state index in [9.17, 15) is 10.1 Å². The Bertz CT molecular complexity index is 775. The molecule has 3 rings (SSSR count). The molecule has 0 fully saturated rings. The third kappa shape index (κ3) is 2.57. The number of non-ortho nitro benzene ring substituents is 1. The van der Waals surface area contributed by atoms with Crippen molar-refractivity contribution in [1.82, 2.24) is 4.98 Å². The molecule has 3 aromatic rings. The van der Waals surface area contributed by atoms with E-state index in [4.69, 9.17) is 0 Å². The highest BCUT2D eigenvalue weighted by Gasteiger charge is 2.04. The quantitative estimate of drug-likeness (QED) is 0.529. The Labute approximate surface area is 119 Å². The van der Waals surface area contributed by atoms with Gasteiger partial charge in [-0.25, -0.2) is 4.98 Å². The summed E-state index contributed by atoms with van der Waals surface area (Å²) in [5.74, 6) is 0. The average molecular weight is 282 g/mol. The zero-order chi connectivity index (χ0) is 13.9. The van der Waals surface area contributed by atoms with Crippen molar-refractivity contribution >= 4 is 39.4 Å². The standard InChI is InChI=1S/C15H10N2O2S/c18-17(19)12-5-3-4-11(10-12)8-9-15-16-13-6-1-2-7-14(13)20-15/h1-10H. The lowest BCUT2D eigenvalue weighted by Crippen LogP contribution is -1.87. The van der Waals surface area contributed by atoms with Gasteiger partial charge in [0.05, 0.1) is 15.1 Å². The molecule has 0 aliphatic rings. The van der Waals surface area contributed by atoms with Crippen LogP contribution in [0.4, 0.5) is 5.69 Å². The van der Waals surface area contributed by atoms with Crippen LogP contribution in [0.2, 0.25) is 0 Å². The van der Waals surface area contributed by atoms with E-state index in [0.717, 1.165) is 20.8 Å². The summed E-state index contributed by atoms with van der Waals surface area (Å²) in [4.78, 5) is 14.8. The second kappa shape index (κ2) is 5.22. The van der Waals surface area contributed by atoms with Crippen molar-refractivity contribution in [3.05, 3.63) is 69.2 Å². The maximum atomic E-state index is 10.7. The maximum absolute atomic E-state index is 10.7. The molecule has 0 unspecified atom stereocenters. The highest BCUT2D eigenvalue weighted by molar-refractivity contribution is 7.19. The number of nitro benzene ring substituents is 1. The van der Waals surface area contributed by atoms with Crippen LogP contribution in [0.1, 0.15) is 10.6 Å². The normalized spacial score (nSPS) is 11.2. The zero-order valence-electron chi connectivity index (χ0n) is 10.4. The Morgan fingerprint density at radius 2 is 1.95 bits per heavy atom. The first kappa shape index (κ1) is 12.5. The molecule has 20 heavy (non-hydrogen) atoms. The Kier molecular flexibility index (Phi) is 3.26. The Morgan fingerprint density at radius 1 is 1.10 bits per heavy atom. The van der Waals surface area contributed by atoms with Crippen molar-refractivity contribution in [3.63, 3.8) is 0 Å². The van der Waals surface area contributed by atoms with Gasteiger partial charge in [0.1, 0.15) is 5.01 Å². The van der Waals surface area contributed by atoms with E-state index >= 15 is 0 Å². The van der Waals surface area contributed by atoms with Crippen LogP contribution >= 0.6 is 11.3 Å². The maximum Gasteiger partial charge on any atom is 0.270 e. The van der Waals surface area contributed by atoms with Crippen LogP contribution in [-0.4, -0.2) is 9.91 Å². The van der Waals surface area contributed by atoms with Gasteiger partial charge in [0.25, 0.3) is 5.69 Å². The van der Waals surface area contributed by atoms with Crippen LogP contribution in [0, 0.1) is 10.1 Å². The van der Waals surface area contributed by atoms with Gasteiger partial charge in [0, 0.05) is 12.1 Å². The fourth-order valence-electron chi connectivity index (χ4n) is 1.87. The van der Waals surface area contributed by atoms with E-state index in [0.29, 0.717) is 0 Å². The van der Waals surface area contributed by atoms with Gasteiger partial charge >= 0.3 is 0 Å². The molecule has 0 saturated heterocycles. The van der Waals surface area contributed by atoms with E-state index < -0.39 is 4.92 Å².